The van der Waals surface area contributed by atoms with Crippen molar-refractivity contribution in [3.63, 3.8) is 0 Å². The van der Waals surface area contributed by atoms with E-state index in [-0.39, 0.29) is 39.5 Å². The minimum atomic E-state index is -3.69. The number of esters is 1. The zero-order valence-electron chi connectivity index (χ0n) is 15.0. The number of halogens is 1. The van der Waals surface area contributed by atoms with E-state index < -0.39 is 33.8 Å². The molecule has 1 aliphatic carbocycles. The molecule has 146 valence electrons. The van der Waals surface area contributed by atoms with E-state index in [4.69, 9.17) is 14.7 Å². The summed E-state index contributed by atoms with van der Waals surface area (Å²) in [6, 6.07) is 7.83. The fourth-order valence-corrected chi connectivity index (χ4v) is 4.20. The van der Waals surface area contributed by atoms with Crippen LogP contribution in [-0.4, -0.2) is 25.7 Å². The molecular formula is C19H16FNO6S. The molecule has 1 aliphatic rings. The Labute approximate surface area is 160 Å². The highest BCUT2D eigenvalue weighted by Gasteiger charge is 2.39. The summed E-state index contributed by atoms with van der Waals surface area (Å²) in [5.41, 5.74) is 0.328. The molecule has 2 aromatic rings. The summed E-state index contributed by atoms with van der Waals surface area (Å²) < 4.78 is 48.9. The van der Waals surface area contributed by atoms with Gasteiger partial charge in [0, 0.05) is 36.8 Å². The lowest BCUT2D eigenvalue weighted by Gasteiger charge is -2.17. The predicted molar refractivity (Wildman–Crippen MR) is 94.8 cm³/mol. The van der Waals surface area contributed by atoms with Gasteiger partial charge in [0.25, 0.3) is 0 Å². The molecule has 0 heterocycles. The number of carbonyl (C=O) groups excluding carboxylic acids is 1. The summed E-state index contributed by atoms with van der Waals surface area (Å²) in [5, 5.41) is 19.4. The number of hydrogen-bond acceptors (Lipinski definition) is 7. The summed E-state index contributed by atoms with van der Waals surface area (Å²) >= 11 is 0. The van der Waals surface area contributed by atoms with Gasteiger partial charge in [0.05, 0.1) is 22.6 Å². The maximum atomic E-state index is 13.7. The van der Waals surface area contributed by atoms with Crippen molar-refractivity contribution in [1.29, 1.82) is 5.26 Å². The second-order valence-electron chi connectivity index (χ2n) is 6.40. The average Bonchev–Trinajstić information content (AvgIpc) is 2.89. The Balaban J connectivity index is 2.15. The Morgan fingerprint density at radius 1 is 1.29 bits per heavy atom. The van der Waals surface area contributed by atoms with E-state index in [9.17, 15) is 22.7 Å². The lowest BCUT2D eigenvalue weighted by Crippen LogP contribution is -2.10. The molecule has 0 fully saturated rings. The molecule has 0 aliphatic heterocycles. The highest BCUT2D eigenvalue weighted by molar-refractivity contribution is 7.90. The van der Waals surface area contributed by atoms with Crippen molar-refractivity contribution < 1.29 is 32.2 Å². The summed E-state index contributed by atoms with van der Waals surface area (Å²) in [6.07, 6.45) is -1.15. The number of aliphatic hydroxyl groups is 1. The van der Waals surface area contributed by atoms with Gasteiger partial charge in [0.1, 0.15) is 23.4 Å². The number of nitriles is 1. The van der Waals surface area contributed by atoms with Gasteiger partial charge in [-0.25, -0.2) is 12.8 Å². The van der Waals surface area contributed by atoms with Crippen LogP contribution >= 0.6 is 0 Å². The maximum absolute atomic E-state index is 13.7. The molecule has 28 heavy (non-hydrogen) atoms. The summed E-state index contributed by atoms with van der Waals surface area (Å²) in [6.45, 7) is 1.18. The van der Waals surface area contributed by atoms with Gasteiger partial charge < -0.3 is 14.6 Å². The standard InChI is InChI=1S/C19H16FNO6S/c1-10(22)26-16-8-14(23)18-15(3-4-17(19(16)18)28(2,24)25)27-13-6-11(9-21)5-12(20)7-13/h3-7,14,16,23H,8H2,1-2H3/t14?,16-/m1/s1. The second kappa shape index (κ2) is 7.22. The van der Waals surface area contributed by atoms with Crippen molar-refractivity contribution in [1.82, 2.24) is 0 Å². The van der Waals surface area contributed by atoms with Gasteiger partial charge in [0.15, 0.2) is 9.84 Å². The van der Waals surface area contributed by atoms with Crippen molar-refractivity contribution in [3.8, 4) is 17.6 Å². The Morgan fingerprint density at radius 3 is 2.61 bits per heavy atom. The lowest BCUT2D eigenvalue weighted by molar-refractivity contribution is -0.147. The molecule has 2 aromatic carbocycles. The summed E-state index contributed by atoms with van der Waals surface area (Å²) in [7, 11) is -3.69. The van der Waals surface area contributed by atoms with Gasteiger partial charge in [-0.2, -0.15) is 5.26 Å². The molecule has 0 amide bonds. The smallest absolute Gasteiger partial charge is 0.303 e. The van der Waals surface area contributed by atoms with Crippen LogP contribution in [0.4, 0.5) is 4.39 Å². The first-order chi connectivity index (χ1) is 13.1. The van der Waals surface area contributed by atoms with E-state index in [0.717, 1.165) is 18.4 Å². The first-order valence-corrected chi connectivity index (χ1v) is 10.1. The zero-order valence-corrected chi connectivity index (χ0v) is 15.8. The molecule has 3 rings (SSSR count). The molecule has 9 heteroatoms. The van der Waals surface area contributed by atoms with E-state index in [2.05, 4.69) is 0 Å². The predicted octanol–water partition coefficient (Wildman–Crippen LogP) is 2.93. The van der Waals surface area contributed by atoms with Crippen LogP contribution in [-0.2, 0) is 19.4 Å². The Morgan fingerprint density at radius 2 is 2.00 bits per heavy atom. The fourth-order valence-electron chi connectivity index (χ4n) is 3.24. The first kappa shape index (κ1) is 19.8. The van der Waals surface area contributed by atoms with E-state index >= 15 is 0 Å². The highest BCUT2D eigenvalue weighted by Crippen LogP contribution is 2.49. The molecule has 2 atom stereocenters. The molecule has 1 unspecified atom stereocenters. The van der Waals surface area contributed by atoms with E-state index in [0.29, 0.717) is 0 Å². The van der Waals surface area contributed by atoms with Gasteiger partial charge in [-0.15, -0.1) is 0 Å². The molecule has 0 bridgehead atoms. The number of nitrogens with zero attached hydrogens (tertiary/aromatic N) is 1. The van der Waals surface area contributed by atoms with Crippen molar-refractivity contribution in [2.75, 3.05) is 6.26 Å². The first-order valence-electron chi connectivity index (χ1n) is 8.21. The van der Waals surface area contributed by atoms with Crippen LogP contribution in [0.15, 0.2) is 35.2 Å². The van der Waals surface area contributed by atoms with Crippen molar-refractivity contribution >= 4 is 15.8 Å². The minimum Gasteiger partial charge on any atom is -0.457 e. The number of ether oxygens (including phenoxy) is 2. The molecule has 7 nitrogen and oxygen atoms in total. The number of benzene rings is 2. The number of hydrogen-bond donors (Lipinski definition) is 1. The van der Waals surface area contributed by atoms with Crippen LogP contribution in [0.3, 0.4) is 0 Å². The molecule has 0 saturated carbocycles. The van der Waals surface area contributed by atoms with Crippen LogP contribution in [0, 0.1) is 17.1 Å². The second-order valence-corrected chi connectivity index (χ2v) is 8.38. The average molecular weight is 405 g/mol. The number of aliphatic hydroxyl groups excluding tert-OH is 1. The van der Waals surface area contributed by atoms with Crippen LogP contribution in [0.5, 0.6) is 11.5 Å². The van der Waals surface area contributed by atoms with Gasteiger partial charge in [0.2, 0.25) is 0 Å². The number of sulfone groups is 1. The molecule has 1 N–H and O–H groups in total. The van der Waals surface area contributed by atoms with Crippen molar-refractivity contribution in [3.05, 3.63) is 52.8 Å². The minimum absolute atomic E-state index is 0.00833. The summed E-state index contributed by atoms with van der Waals surface area (Å²) in [5.74, 6) is -1.22. The SMILES string of the molecule is CC(=O)O[C@@H]1CC(O)c2c(Oc3cc(F)cc(C#N)c3)ccc(S(C)(=O)=O)c21. The lowest BCUT2D eigenvalue weighted by atomic mass is 10.1. The number of carbonyl (C=O) groups is 1. The zero-order chi connectivity index (χ0) is 20.6. The molecule has 0 spiro atoms. The molecule has 0 saturated heterocycles. The van der Waals surface area contributed by atoms with Crippen LogP contribution < -0.4 is 4.74 Å². The van der Waals surface area contributed by atoms with Gasteiger partial charge in [-0.1, -0.05) is 0 Å². The third kappa shape index (κ3) is 3.83. The van der Waals surface area contributed by atoms with Crippen LogP contribution in [0.2, 0.25) is 0 Å². The normalized spacial score (nSPS) is 18.2. The van der Waals surface area contributed by atoms with Gasteiger partial charge in [-0.05, 0) is 24.3 Å². The highest BCUT2D eigenvalue weighted by atomic mass is 32.2. The quantitative estimate of drug-likeness (QED) is 0.778. The largest absolute Gasteiger partial charge is 0.457 e. The van der Waals surface area contributed by atoms with Crippen molar-refractivity contribution in [2.45, 2.75) is 30.4 Å². The topological polar surface area (TPSA) is 114 Å². The van der Waals surface area contributed by atoms with E-state index in [1.807, 2.05) is 0 Å². The van der Waals surface area contributed by atoms with E-state index in [1.165, 1.54) is 25.1 Å². The van der Waals surface area contributed by atoms with Crippen molar-refractivity contribution in [2.24, 2.45) is 0 Å². The third-order valence-corrected chi connectivity index (χ3v) is 5.39. The maximum Gasteiger partial charge on any atom is 0.303 e. The number of fused-ring (bicyclic) bond motifs is 1. The van der Waals surface area contributed by atoms with Crippen LogP contribution in [0.25, 0.3) is 0 Å². The summed E-state index contributed by atoms with van der Waals surface area (Å²) in [4.78, 5) is 11.3. The third-order valence-electron chi connectivity index (χ3n) is 4.24. The van der Waals surface area contributed by atoms with Gasteiger partial charge in [-0.3, -0.25) is 4.79 Å². The molecule has 0 aromatic heterocycles. The van der Waals surface area contributed by atoms with Gasteiger partial charge >= 0.3 is 5.97 Å². The fraction of sp³-hybridized carbons (Fsp3) is 0.263. The Hall–Kier alpha value is -2.96. The van der Waals surface area contributed by atoms with Crippen LogP contribution in [0.1, 0.15) is 42.2 Å². The number of rotatable bonds is 4. The Bertz CT molecular complexity index is 1110. The Kier molecular flexibility index (Phi) is 5.10. The van der Waals surface area contributed by atoms with E-state index in [1.54, 1.807) is 6.07 Å². The molecular weight excluding hydrogens is 389 g/mol. The molecule has 0 radical (unpaired) electrons. The monoisotopic (exact) mass is 405 g/mol.